The summed E-state index contributed by atoms with van der Waals surface area (Å²) in [5, 5.41) is 17.0. The van der Waals surface area contributed by atoms with Crippen LogP contribution in [0.2, 0.25) is 0 Å². The number of hydrogen-bond donors (Lipinski definition) is 3. The Morgan fingerprint density at radius 3 is 2.58 bits per heavy atom. The summed E-state index contributed by atoms with van der Waals surface area (Å²) in [7, 11) is 2.25. The van der Waals surface area contributed by atoms with E-state index in [1.54, 1.807) is 0 Å². The van der Waals surface area contributed by atoms with Crippen molar-refractivity contribution in [2.24, 2.45) is 23.7 Å². The van der Waals surface area contributed by atoms with Gasteiger partial charge in [-0.05, 0) is 76.7 Å². The van der Waals surface area contributed by atoms with E-state index in [-0.39, 0.29) is 28.7 Å². The molecule has 11 unspecified atom stereocenters. The van der Waals surface area contributed by atoms with Gasteiger partial charge in [-0.2, -0.15) is 0 Å². The van der Waals surface area contributed by atoms with E-state index in [4.69, 9.17) is 23.2 Å². The second-order valence-electron chi connectivity index (χ2n) is 10.8. The Morgan fingerprint density at radius 1 is 1.06 bits per heavy atom. The lowest BCUT2D eigenvalue weighted by Crippen LogP contribution is -2.56. The summed E-state index contributed by atoms with van der Waals surface area (Å²) in [4.78, 5) is 16.8. The van der Waals surface area contributed by atoms with Crippen molar-refractivity contribution in [3.63, 3.8) is 0 Å². The van der Waals surface area contributed by atoms with Gasteiger partial charge in [0.2, 0.25) is 5.91 Å². The normalized spacial score (nSPS) is 52.5. The van der Waals surface area contributed by atoms with Gasteiger partial charge in [0, 0.05) is 36.8 Å². The van der Waals surface area contributed by atoms with Crippen molar-refractivity contribution in [1.29, 1.82) is 0 Å². The van der Waals surface area contributed by atoms with Gasteiger partial charge in [0.25, 0.3) is 0 Å². The second-order valence-corrected chi connectivity index (χ2v) is 11.9. The Kier molecular flexibility index (Phi) is 6.28. The summed E-state index contributed by atoms with van der Waals surface area (Å²) in [6, 6.07) is 1.90. The molecule has 2 aliphatic carbocycles. The number of nitrogens with zero attached hydrogens (tertiary/aromatic N) is 2. The number of carbonyl (C=O) groups excluding carboxylic acids is 1. The molecule has 0 radical (unpaired) electrons. The van der Waals surface area contributed by atoms with Crippen molar-refractivity contribution in [3.8, 4) is 0 Å². The van der Waals surface area contributed by atoms with Crippen molar-refractivity contribution < 1.29 is 9.90 Å². The number of aliphatic hydroxyl groups is 1. The molecule has 3 N–H and O–H groups in total. The van der Waals surface area contributed by atoms with E-state index < -0.39 is 6.61 Å². The van der Waals surface area contributed by atoms with E-state index in [0.29, 0.717) is 54.5 Å². The highest BCUT2D eigenvalue weighted by Gasteiger charge is 2.59. The molecule has 5 aliphatic rings. The minimum absolute atomic E-state index is 0.0119. The minimum Gasteiger partial charge on any atom is -0.387 e. The maximum absolute atomic E-state index is 12.4. The maximum atomic E-state index is 12.4. The number of fused-ring (bicyclic) bond motifs is 4. The molecule has 5 fully saturated rings. The van der Waals surface area contributed by atoms with E-state index in [2.05, 4.69) is 36.4 Å². The molecule has 3 aliphatic heterocycles. The summed E-state index contributed by atoms with van der Waals surface area (Å²) in [6.45, 7) is 4.74. The largest absolute Gasteiger partial charge is 0.387 e. The standard InChI is InChI=1S/C23H38Cl2N4O2/c1-11-20-17(6-7-29(11)19(31)10-30)27-23-21(20)14(9-15(24)22(23)25)13-4-5-16-18(8-13)28(3)12(2)26-16/h11-18,20-23,26-27,30H,4-10H2,1-3H3/t11-,12?,13?,14?,15?,16?,17?,18?,20?,21?,22?,23?/m0/s1. The molecular formula is C23H38Cl2N4O2. The monoisotopic (exact) mass is 472 g/mol. The van der Waals surface area contributed by atoms with Crippen LogP contribution in [0.25, 0.3) is 0 Å². The highest BCUT2D eigenvalue weighted by Crippen LogP contribution is 2.53. The molecule has 0 aromatic rings. The zero-order valence-corrected chi connectivity index (χ0v) is 20.4. The van der Waals surface area contributed by atoms with Crippen LogP contribution in [0.5, 0.6) is 0 Å². The van der Waals surface area contributed by atoms with Gasteiger partial charge >= 0.3 is 0 Å². The minimum atomic E-state index is -0.405. The third-order valence-electron chi connectivity index (χ3n) is 9.65. The van der Waals surface area contributed by atoms with Crippen LogP contribution >= 0.6 is 23.2 Å². The number of amides is 1. The zero-order chi connectivity index (χ0) is 22.0. The SMILES string of the molecule is CC1NC2CCC(C3CC(Cl)C(Cl)C4NC5CCN(C(=O)CO)[C@@H](C)C5C34)CC2N1C. The second kappa shape index (κ2) is 8.59. The molecule has 3 saturated heterocycles. The first kappa shape index (κ1) is 22.7. The van der Waals surface area contributed by atoms with Crippen LogP contribution in [0.15, 0.2) is 0 Å². The average molecular weight is 473 g/mol. The molecule has 1 amide bonds. The Labute approximate surface area is 196 Å². The highest BCUT2D eigenvalue weighted by atomic mass is 35.5. The number of likely N-dealkylation sites (N-methyl/N-ethyl adjacent to an activating group) is 1. The molecule has 176 valence electrons. The topological polar surface area (TPSA) is 67.8 Å². The first-order valence-corrected chi connectivity index (χ1v) is 13.1. The molecule has 2 saturated carbocycles. The number of rotatable bonds is 2. The van der Waals surface area contributed by atoms with Crippen LogP contribution in [0.3, 0.4) is 0 Å². The number of aliphatic hydroxyl groups excluding tert-OH is 1. The average Bonchev–Trinajstić information content (AvgIpc) is 3.29. The van der Waals surface area contributed by atoms with Crippen molar-refractivity contribution in [2.45, 2.75) is 93.1 Å². The van der Waals surface area contributed by atoms with Gasteiger partial charge in [-0.3, -0.25) is 15.0 Å². The summed E-state index contributed by atoms with van der Waals surface area (Å²) in [5.74, 6) is 1.84. The van der Waals surface area contributed by atoms with Crippen LogP contribution < -0.4 is 10.6 Å². The fourth-order valence-corrected chi connectivity index (χ4v) is 8.81. The third-order valence-corrected chi connectivity index (χ3v) is 10.8. The molecule has 5 rings (SSSR count). The lowest BCUT2D eigenvalue weighted by molar-refractivity contribution is -0.140. The molecule has 6 nitrogen and oxygen atoms in total. The molecule has 31 heavy (non-hydrogen) atoms. The highest BCUT2D eigenvalue weighted by molar-refractivity contribution is 6.30. The Balaban J connectivity index is 1.42. The number of likely N-dealkylation sites (tertiary alicyclic amines) is 1. The van der Waals surface area contributed by atoms with Crippen LogP contribution in [0.4, 0.5) is 0 Å². The summed E-state index contributed by atoms with van der Waals surface area (Å²) in [5.41, 5.74) is 0. The van der Waals surface area contributed by atoms with Crippen LogP contribution in [-0.2, 0) is 4.79 Å². The number of hydrogen-bond acceptors (Lipinski definition) is 5. The first-order valence-electron chi connectivity index (χ1n) is 12.2. The fraction of sp³-hybridized carbons (Fsp3) is 0.957. The van der Waals surface area contributed by atoms with E-state index in [0.717, 1.165) is 12.8 Å². The van der Waals surface area contributed by atoms with Gasteiger partial charge < -0.3 is 15.3 Å². The molecule has 0 aromatic heterocycles. The Morgan fingerprint density at radius 2 is 1.84 bits per heavy atom. The predicted molar refractivity (Wildman–Crippen MR) is 123 cm³/mol. The smallest absolute Gasteiger partial charge is 0.248 e. The molecular weight excluding hydrogens is 435 g/mol. The van der Waals surface area contributed by atoms with E-state index in [1.807, 2.05) is 4.90 Å². The molecule has 12 atom stereocenters. The van der Waals surface area contributed by atoms with Crippen LogP contribution in [0.1, 0.15) is 46.0 Å². The fourth-order valence-electron chi connectivity index (χ4n) is 8.10. The lowest BCUT2D eigenvalue weighted by atomic mass is 9.60. The number of piperidine rings is 1. The van der Waals surface area contributed by atoms with Crippen molar-refractivity contribution in [3.05, 3.63) is 0 Å². The first-order chi connectivity index (χ1) is 14.8. The van der Waals surface area contributed by atoms with E-state index in [1.165, 1.54) is 19.3 Å². The zero-order valence-electron chi connectivity index (χ0n) is 18.9. The quantitative estimate of drug-likeness (QED) is 0.534. The van der Waals surface area contributed by atoms with E-state index in [9.17, 15) is 9.90 Å². The number of alkyl halides is 2. The summed E-state index contributed by atoms with van der Waals surface area (Å²) >= 11 is 13.8. The van der Waals surface area contributed by atoms with Crippen molar-refractivity contribution in [1.82, 2.24) is 20.4 Å². The van der Waals surface area contributed by atoms with Gasteiger partial charge in [0.15, 0.2) is 0 Å². The van der Waals surface area contributed by atoms with Crippen molar-refractivity contribution >= 4 is 29.1 Å². The van der Waals surface area contributed by atoms with Crippen molar-refractivity contribution in [2.75, 3.05) is 20.2 Å². The third kappa shape index (κ3) is 3.64. The van der Waals surface area contributed by atoms with Gasteiger partial charge in [0.05, 0.1) is 16.9 Å². The van der Waals surface area contributed by atoms with E-state index >= 15 is 0 Å². The number of carbonyl (C=O) groups is 1. The molecule has 0 bridgehead atoms. The Hall–Kier alpha value is -0.110. The van der Waals surface area contributed by atoms with Crippen LogP contribution in [-0.4, -0.2) is 88.1 Å². The van der Waals surface area contributed by atoms with Gasteiger partial charge in [-0.1, -0.05) is 0 Å². The molecule has 0 spiro atoms. The maximum Gasteiger partial charge on any atom is 0.248 e. The van der Waals surface area contributed by atoms with Gasteiger partial charge in [0.1, 0.15) is 6.61 Å². The van der Waals surface area contributed by atoms with Gasteiger partial charge in [-0.15, -0.1) is 23.2 Å². The van der Waals surface area contributed by atoms with Crippen LogP contribution in [0, 0.1) is 23.7 Å². The lowest BCUT2D eigenvalue weighted by Gasteiger charge is -2.50. The number of halogens is 2. The number of nitrogens with one attached hydrogen (secondary N) is 2. The summed E-state index contributed by atoms with van der Waals surface area (Å²) < 4.78 is 0. The molecule has 0 aromatic carbocycles. The molecule has 3 heterocycles. The molecule has 8 heteroatoms. The predicted octanol–water partition coefficient (Wildman–Crippen LogP) is 1.83. The van der Waals surface area contributed by atoms with Gasteiger partial charge in [-0.25, -0.2) is 0 Å². The Bertz CT molecular complexity index is 698. The summed E-state index contributed by atoms with van der Waals surface area (Å²) in [6.07, 6.45) is 6.02.